The number of aromatic nitrogens is 1. The Morgan fingerprint density at radius 3 is 2.69 bits per heavy atom. The van der Waals surface area contributed by atoms with Gasteiger partial charge in [0.2, 0.25) is 0 Å². The normalized spacial score (nSPS) is 16.5. The summed E-state index contributed by atoms with van der Waals surface area (Å²) in [7, 11) is 0. The molecule has 3 heteroatoms. The Balaban J connectivity index is 2.29. The number of hydrogen-bond donors (Lipinski definition) is 1. The van der Waals surface area contributed by atoms with Gasteiger partial charge in [-0.15, -0.1) is 0 Å². The van der Waals surface area contributed by atoms with Crippen LogP contribution < -0.4 is 10.6 Å². The van der Waals surface area contributed by atoms with Gasteiger partial charge in [0.15, 0.2) is 0 Å². The first-order valence-electron chi connectivity index (χ1n) is 4.74. The van der Waals surface area contributed by atoms with E-state index in [9.17, 15) is 0 Å². The number of nitrogens with two attached hydrogens (primary N) is 1. The van der Waals surface area contributed by atoms with E-state index < -0.39 is 0 Å². The average Bonchev–Trinajstić information content (AvgIpc) is 2.56. The van der Waals surface area contributed by atoms with E-state index in [2.05, 4.69) is 16.8 Å². The molecular formula is C10H15N3. The van der Waals surface area contributed by atoms with E-state index in [0.717, 1.165) is 24.6 Å². The Kier molecular flexibility index (Phi) is 2.08. The van der Waals surface area contributed by atoms with Crippen molar-refractivity contribution in [2.24, 2.45) is 0 Å². The Bertz CT molecular complexity index is 303. The molecule has 0 radical (unpaired) electrons. The molecule has 0 amide bonds. The van der Waals surface area contributed by atoms with Gasteiger partial charge in [-0.1, -0.05) is 0 Å². The standard InChI is InChI=1S/C10H15N3/c1-8-6-9(11)7-12-10(8)13-4-2-3-5-13/h6-7H,2-5,11H2,1H3. The minimum Gasteiger partial charge on any atom is -0.397 e. The maximum absolute atomic E-state index is 5.65. The van der Waals surface area contributed by atoms with Gasteiger partial charge in [0.1, 0.15) is 5.82 Å². The van der Waals surface area contributed by atoms with E-state index in [0.29, 0.717) is 0 Å². The van der Waals surface area contributed by atoms with Crippen LogP contribution in [0.2, 0.25) is 0 Å². The molecule has 2 N–H and O–H groups in total. The molecule has 0 aliphatic carbocycles. The van der Waals surface area contributed by atoms with Gasteiger partial charge in [-0.3, -0.25) is 0 Å². The van der Waals surface area contributed by atoms with Crippen molar-refractivity contribution in [3.8, 4) is 0 Å². The highest BCUT2D eigenvalue weighted by molar-refractivity contribution is 5.52. The zero-order chi connectivity index (χ0) is 9.26. The van der Waals surface area contributed by atoms with Crippen LogP contribution in [0.4, 0.5) is 11.5 Å². The van der Waals surface area contributed by atoms with Crippen LogP contribution in [0.3, 0.4) is 0 Å². The van der Waals surface area contributed by atoms with E-state index >= 15 is 0 Å². The monoisotopic (exact) mass is 177 g/mol. The van der Waals surface area contributed by atoms with Gasteiger partial charge in [-0.25, -0.2) is 4.98 Å². The van der Waals surface area contributed by atoms with Crippen LogP contribution in [0.25, 0.3) is 0 Å². The first-order valence-corrected chi connectivity index (χ1v) is 4.74. The maximum atomic E-state index is 5.65. The van der Waals surface area contributed by atoms with E-state index in [4.69, 9.17) is 5.73 Å². The molecule has 1 aliphatic heterocycles. The van der Waals surface area contributed by atoms with Crippen molar-refractivity contribution in [1.29, 1.82) is 0 Å². The summed E-state index contributed by atoms with van der Waals surface area (Å²) in [4.78, 5) is 6.69. The first-order chi connectivity index (χ1) is 6.27. The van der Waals surface area contributed by atoms with Crippen molar-refractivity contribution >= 4 is 11.5 Å². The smallest absolute Gasteiger partial charge is 0.131 e. The predicted octanol–water partition coefficient (Wildman–Crippen LogP) is 1.57. The molecule has 0 aromatic carbocycles. The fraction of sp³-hybridized carbons (Fsp3) is 0.500. The molecule has 3 nitrogen and oxygen atoms in total. The van der Waals surface area contributed by atoms with Crippen LogP contribution in [0, 0.1) is 6.92 Å². The second-order valence-electron chi connectivity index (χ2n) is 3.60. The zero-order valence-corrected chi connectivity index (χ0v) is 7.95. The summed E-state index contributed by atoms with van der Waals surface area (Å²) < 4.78 is 0. The third-order valence-corrected chi connectivity index (χ3v) is 2.48. The molecule has 1 aromatic rings. The molecule has 70 valence electrons. The summed E-state index contributed by atoms with van der Waals surface area (Å²) in [6.07, 6.45) is 4.30. The number of anilines is 2. The Hall–Kier alpha value is -1.25. The second-order valence-corrected chi connectivity index (χ2v) is 3.60. The van der Waals surface area contributed by atoms with Crippen LogP contribution in [0.5, 0.6) is 0 Å². The van der Waals surface area contributed by atoms with Gasteiger partial charge in [0.05, 0.1) is 11.9 Å². The Labute approximate surface area is 78.6 Å². The van der Waals surface area contributed by atoms with Crippen LogP contribution in [-0.4, -0.2) is 18.1 Å². The number of nitrogens with zero attached hydrogens (tertiary/aromatic N) is 2. The molecule has 2 rings (SSSR count). The molecular weight excluding hydrogens is 162 g/mol. The summed E-state index contributed by atoms with van der Waals surface area (Å²) in [6, 6.07) is 1.99. The Morgan fingerprint density at radius 1 is 1.38 bits per heavy atom. The van der Waals surface area contributed by atoms with Gasteiger partial charge >= 0.3 is 0 Å². The van der Waals surface area contributed by atoms with Gasteiger partial charge < -0.3 is 10.6 Å². The molecule has 1 aromatic heterocycles. The highest BCUT2D eigenvalue weighted by Gasteiger charge is 2.14. The SMILES string of the molecule is Cc1cc(N)cnc1N1CCCC1. The summed E-state index contributed by atoms with van der Waals surface area (Å²) in [5.41, 5.74) is 7.58. The lowest BCUT2D eigenvalue weighted by molar-refractivity contribution is 0.929. The average molecular weight is 177 g/mol. The fourth-order valence-corrected chi connectivity index (χ4v) is 1.85. The van der Waals surface area contributed by atoms with Crippen molar-refractivity contribution in [2.75, 3.05) is 23.7 Å². The van der Waals surface area contributed by atoms with Crippen molar-refractivity contribution in [2.45, 2.75) is 19.8 Å². The largest absolute Gasteiger partial charge is 0.397 e. The number of aryl methyl sites for hydroxylation is 1. The highest BCUT2D eigenvalue weighted by atomic mass is 15.2. The lowest BCUT2D eigenvalue weighted by Crippen LogP contribution is -2.20. The zero-order valence-electron chi connectivity index (χ0n) is 7.95. The molecule has 1 aliphatic rings. The van der Waals surface area contributed by atoms with Crippen LogP contribution in [0.1, 0.15) is 18.4 Å². The molecule has 0 saturated carbocycles. The van der Waals surface area contributed by atoms with E-state index in [1.54, 1.807) is 6.20 Å². The highest BCUT2D eigenvalue weighted by Crippen LogP contribution is 2.22. The molecule has 1 fully saturated rings. The summed E-state index contributed by atoms with van der Waals surface area (Å²) in [5, 5.41) is 0. The summed E-state index contributed by atoms with van der Waals surface area (Å²) in [5.74, 6) is 1.10. The van der Waals surface area contributed by atoms with Crippen molar-refractivity contribution in [3.05, 3.63) is 17.8 Å². The molecule has 0 spiro atoms. The van der Waals surface area contributed by atoms with E-state index in [1.165, 1.54) is 18.4 Å². The molecule has 13 heavy (non-hydrogen) atoms. The molecule has 0 atom stereocenters. The second kappa shape index (κ2) is 3.24. The quantitative estimate of drug-likeness (QED) is 0.708. The number of pyridine rings is 1. The molecule has 0 unspecified atom stereocenters. The summed E-state index contributed by atoms with van der Waals surface area (Å²) >= 11 is 0. The first kappa shape index (κ1) is 8.35. The lowest BCUT2D eigenvalue weighted by Gasteiger charge is -2.18. The van der Waals surface area contributed by atoms with Gasteiger partial charge in [0.25, 0.3) is 0 Å². The van der Waals surface area contributed by atoms with E-state index in [1.807, 2.05) is 6.07 Å². The molecule has 0 bridgehead atoms. The van der Waals surface area contributed by atoms with Gasteiger partial charge in [-0.2, -0.15) is 0 Å². The van der Waals surface area contributed by atoms with Crippen LogP contribution in [0.15, 0.2) is 12.3 Å². The van der Waals surface area contributed by atoms with Crippen LogP contribution in [-0.2, 0) is 0 Å². The van der Waals surface area contributed by atoms with E-state index in [-0.39, 0.29) is 0 Å². The summed E-state index contributed by atoms with van der Waals surface area (Å²) in [6.45, 7) is 4.34. The molecule has 2 heterocycles. The Morgan fingerprint density at radius 2 is 2.08 bits per heavy atom. The van der Waals surface area contributed by atoms with Crippen molar-refractivity contribution in [3.63, 3.8) is 0 Å². The number of hydrogen-bond acceptors (Lipinski definition) is 3. The maximum Gasteiger partial charge on any atom is 0.131 e. The fourth-order valence-electron chi connectivity index (χ4n) is 1.85. The van der Waals surface area contributed by atoms with Crippen molar-refractivity contribution < 1.29 is 0 Å². The molecule has 1 saturated heterocycles. The topological polar surface area (TPSA) is 42.1 Å². The third kappa shape index (κ3) is 1.59. The van der Waals surface area contributed by atoms with Gasteiger partial charge in [0, 0.05) is 13.1 Å². The number of nitrogen functional groups attached to an aromatic ring is 1. The van der Waals surface area contributed by atoms with Crippen molar-refractivity contribution in [1.82, 2.24) is 4.98 Å². The van der Waals surface area contributed by atoms with Crippen LogP contribution >= 0.6 is 0 Å². The minimum atomic E-state index is 0.750. The lowest BCUT2D eigenvalue weighted by atomic mass is 10.2. The number of rotatable bonds is 1. The van der Waals surface area contributed by atoms with Gasteiger partial charge in [-0.05, 0) is 31.4 Å². The minimum absolute atomic E-state index is 0.750. The predicted molar refractivity (Wildman–Crippen MR) is 54.8 cm³/mol. The third-order valence-electron chi connectivity index (χ3n) is 2.48.